The predicted molar refractivity (Wildman–Crippen MR) is 119 cm³/mol. The second-order valence-electron chi connectivity index (χ2n) is 7.68. The Labute approximate surface area is 187 Å². The van der Waals surface area contributed by atoms with Gasteiger partial charge in [0.25, 0.3) is 5.91 Å². The number of aromatic nitrogens is 4. The highest BCUT2D eigenvalue weighted by Gasteiger charge is 2.45. The minimum atomic E-state index is -1.49. The third-order valence-corrected chi connectivity index (χ3v) is 6.38. The Bertz CT molecular complexity index is 1300. The fraction of sp³-hybridized carbons (Fsp3) is 0.227. The number of rotatable bonds is 5. The van der Waals surface area contributed by atoms with Crippen LogP contribution in [0, 0.1) is 6.92 Å². The molecule has 2 N–H and O–H groups in total. The van der Waals surface area contributed by atoms with Crippen molar-refractivity contribution in [1.82, 2.24) is 25.0 Å². The first-order valence-corrected chi connectivity index (χ1v) is 10.9. The Kier molecular flexibility index (Phi) is 4.95. The van der Waals surface area contributed by atoms with Crippen LogP contribution in [0.15, 0.2) is 52.6 Å². The van der Waals surface area contributed by atoms with E-state index >= 15 is 0 Å². The van der Waals surface area contributed by atoms with Gasteiger partial charge in [0.2, 0.25) is 11.8 Å². The van der Waals surface area contributed by atoms with E-state index in [2.05, 4.69) is 20.4 Å². The van der Waals surface area contributed by atoms with Crippen molar-refractivity contribution in [3.63, 3.8) is 0 Å². The smallest absolute Gasteiger partial charge is 0.258 e. The number of likely N-dealkylation sites (tertiary alicyclic amines) is 1. The van der Waals surface area contributed by atoms with Crippen LogP contribution in [0.5, 0.6) is 0 Å². The molecule has 162 valence electrons. The number of carbonyl (C=O) groups excluding carboxylic acids is 1. The fourth-order valence-electron chi connectivity index (χ4n) is 3.63. The standard InChI is InChI=1S/C22H20N6O3S/c1-13-11-24-31-18(13)27-21-23-8-6-16(26-21)17-12-32-19(25-17)14-4-3-5-15(10-14)22(30)7-9-28(2)20(22)29/h3-6,8,10-12,30H,7,9H2,1-2H3,(H,23,26,27). The second-order valence-corrected chi connectivity index (χ2v) is 8.54. The van der Waals surface area contributed by atoms with E-state index in [9.17, 15) is 9.90 Å². The van der Waals surface area contributed by atoms with Crippen molar-refractivity contribution >= 4 is 29.1 Å². The topological polar surface area (TPSA) is 117 Å². The number of anilines is 2. The molecule has 1 fully saturated rings. The van der Waals surface area contributed by atoms with Crippen molar-refractivity contribution in [2.75, 3.05) is 18.9 Å². The second kappa shape index (κ2) is 7.81. The molecule has 1 unspecified atom stereocenters. The maximum absolute atomic E-state index is 12.5. The zero-order valence-corrected chi connectivity index (χ0v) is 18.3. The van der Waals surface area contributed by atoms with E-state index in [-0.39, 0.29) is 5.91 Å². The molecule has 0 bridgehead atoms. The van der Waals surface area contributed by atoms with Crippen LogP contribution in [-0.2, 0) is 10.4 Å². The molecule has 0 spiro atoms. The summed E-state index contributed by atoms with van der Waals surface area (Å²) in [5.74, 6) is 0.588. The third kappa shape index (κ3) is 3.53. The van der Waals surface area contributed by atoms with Crippen molar-refractivity contribution in [3.05, 3.63) is 59.2 Å². The number of aryl methyl sites for hydroxylation is 1. The Morgan fingerprint density at radius 3 is 2.88 bits per heavy atom. The molecule has 3 aromatic heterocycles. The van der Waals surface area contributed by atoms with Crippen LogP contribution in [0.25, 0.3) is 22.0 Å². The number of aliphatic hydroxyl groups is 1. The van der Waals surface area contributed by atoms with Crippen LogP contribution >= 0.6 is 11.3 Å². The number of carbonyl (C=O) groups is 1. The number of hydrogen-bond acceptors (Lipinski definition) is 9. The molecule has 0 saturated carbocycles. The van der Waals surface area contributed by atoms with Gasteiger partial charge in [0.15, 0.2) is 5.60 Å². The molecule has 4 heterocycles. The zero-order chi connectivity index (χ0) is 22.3. The molecule has 0 radical (unpaired) electrons. The highest BCUT2D eigenvalue weighted by atomic mass is 32.1. The average molecular weight is 449 g/mol. The van der Waals surface area contributed by atoms with Crippen LogP contribution in [0.3, 0.4) is 0 Å². The van der Waals surface area contributed by atoms with Crippen molar-refractivity contribution in [1.29, 1.82) is 0 Å². The number of benzene rings is 1. The van der Waals surface area contributed by atoms with Gasteiger partial charge in [-0.3, -0.25) is 10.1 Å². The molecule has 1 aromatic carbocycles. The van der Waals surface area contributed by atoms with Gasteiger partial charge in [0, 0.05) is 42.7 Å². The van der Waals surface area contributed by atoms with Crippen LogP contribution in [-0.4, -0.2) is 49.6 Å². The van der Waals surface area contributed by atoms with Gasteiger partial charge in [-0.25, -0.2) is 15.0 Å². The SMILES string of the molecule is Cc1cnoc1Nc1nccc(-c2csc(-c3cccc(C4(O)CCN(C)C4=O)c3)n2)n1. The Morgan fingerprint density at radius 1 is 1.25 bits per heavy atom. The first-order valence-electron chi connectivity index (χ1n) is 10.0. The molecule has 1 saturated heterocycles. The van der Waals surface area contributed by atoms with Gasteiger partial charge in [0.05, 0.1) is 11.9 Å². The fourth-order valence-corrected chi connectivity index (χ4v) is 4.44. The lowest BCUT2D eigenvalue weighted by Gasteiger charge is -2.21. The highest BCUT2D eigenvalue weighted by molar-refractivity contribution is 7.13. The average Bonchev–Trinajstić information content (AvgIpc) is 3.52. The molecule has 1 amide bonds. The van der Waals surface area contributed by atoms with Crippen LogP contribution in [0.1, 0.15) is 17.5 Å². The van der Waals surface area contributed by atoms with Gasteiger partial charge in [-0.15, -0.1) is 11.3 Å². The minimum absolute atomic E-state index is 0.280. The van der Waals surface area contributed by atoms with E-state index in [1.165, 1.54) is 11.3 Å². The van der Waals surface area contributed by atoms with Crippen molar-refractivity contribution < 1.29 is 14.4 Å². The number of amides is 1. The summed E-state index contributed by atoms with van der Waals surface area (Å²) in [6, 6.07) is 9.14. The van der Waals surface area contributed by atoms with Gasteiger partial charge in [-0.2, -0.15) is 0 Å². The first-order chi connectivity index (χ1) is 15.4. The summed E-state index contributed by atoms with van der Waals surface area (Å²) < 4.78 is 5.15. The predicted octanol–water partition coefficient (Wildman–Crippen LogP) is 3.36. The largest absolute Gasteiger partial charge is 0.375 e. The van der Waals surface area contributed by atoms with Crippen molar-refractivity contribution in [2.45, 2.75) is 18.9 Å². The number of likely N-dealkylation sites (N-methyl/N-ethyl adjacent to an activating group) is 1. The molecular weight excluding hydrogens is 428 g/mol. The van der Waals surface area contributed by atoms with E-state index in [0.717, 1.165) is 16.1 Å². The van der Waals surface area contributed by atoms with Crippen molar-refractivity contribution in [3.8, 4) is 22.0 Å². The number of hydrogen-bond donors (Lipinski definition) is 2. The van der Waals surface area contributed by atoms with Gasteiger partial charge in [-0.05, 0) is 24.6 Å². The Morgan fingerprint density at radius 2 is 2.12 bits per heavy atom. The van der Waals surface area contributed by atoms with E-state index in [0.29, 0.717) is 41.7 Å². The van der Waals surface area contributed by atoms with E-state index in [1.807, 2.05) is 30.5 Å². The lowest BCUT2D eigenvalue weighted by atomic mass is 9.91. The first kappa shape index (κ1) is 20.3. The summed E-state index contributed by atoms with van der Waals surface area (Å²) in [7, 11) is 1.70. The maximum Gasteiger partial charge on any atom is 0.258 e. The zero-order valence-electron chi connectivity index (χ0n) is 17.4. The molecule has 32 heavy (non-hydrogen) atoms. The lowest BCUT2D eigenvalue weighted by molar-refractivity contribution is -0.143. The Balaban J connectivity index is 1.42. The molecule has 0 aliphatic carbocycles. The molecule has 1 aliphatic rings. The summed E-state index contributed by atoms with van der Waals surface area (Å²) in [4.78, 5) is 27.5. The van der Waals surface area contributed by atoms with Crippen LogP contribution < -0.4 is 5.32 Å². The number of nitrogens with zero attached hydrogens (tertiary/aromatic N) is 5. The summed E-state index contributed by atoms with van der Waals surface area (Å²) in [6.45, 7) is 2.40. The number of nitrogens with one attached hydrogen (secondary N) is 1. The normalized spacial score (nSPS) is 18.3. The minimum Gasteiger partial charge on any atom is -0.375 e. The van der Waals surface area contributed by atoms with Crippen LogP contribution in [0.4, 0.5) is 11.8 Å². The van der Waals surface area contributed by atoms with Gasteiger partial charge in [0.1, 0.15) is 10.7 Å². The molecular formula is C22H20N6O3S. The molecule has 9 nitrogen and oxygen atoms in total. The van der Waals surface area contributed by atoms with Gasteiger partial charge < -0.3 is 14.5 Å². The maximum atomic E-state index is 12.5. The monoisotopic (exact) mass is 448 g/mol. The lowest BCUT2D eigenvalue weighted by Crippen LogP contribution is -2.36. The molecule has 1 aliphatic heterocycles. The summed E-state index contributed by atoms with van der Waals surface area (Å²) in [6.07, 6.45) is 3.63. The van der Waals surface area contributed by atoms with Crippen molar-refractivity contribution in [2.24, 2.45) is 0 Å². The molecule has 4 aromatic rings. The van der Waals surface area contributed by atoms with Crippen LogP contribution in [0.2, 0.25) is 0 Å². The van der Waals surface area contributed by atoms with E-state index < -0.39 is 5.60 Å². The third-order valence-electron chi connectivity index (χ3n) is 5.49. The van der Waals surface area contributed by atoms with E-state index in [1.54, 1.807) is 36.5 Å². The summed E-state index contributed by atoms with van der Waals surface area (Å²) in [5, 5.41) is 20.4. The molecule has 5 rings (SSSR count). The number of thiazole rings is 1. The van der Waals surface area contributed by atoms with Gasteiger partial charge in [-0.1, -0.05) is 23.4 Å². The van der Waals surface area contributed by atoms with Gasteiger partial charge >= 0.3 is 0 Å². The highest BCUT2D eigenvalue weighted by Crippen LogP contribution is 2.36. The van der Waals surface area contributed by atoms with E-state index in [4.69, 9.17) is 9.51 Å². The molecule has 1 atom stereocenters. The summed E-state index contributed by atoms with van der Waals surface area (Å²) in [5.41, 5.74) is 2.13. The molecule has 10 heteroatoms. The quantitative estimate of drug-likeness (QED) is 0.477. The Hall–Kier alpha value is -3.63. The summed E-state index contributed by atoms with van der Waals surface area (Å²) >= 11 is 1.47.